The largest absolute Gasteiger partial charge is 0.392 e. The van der Waals surface area contributed by atoms with Gasteiger partial charge in [-0.1, -0.05) is 6.07 Å². The van der Waals surface area contributed by atoms with E-state index in [0.29, 0.717) is 10.0 Å². The van der Waals surface area contributed by atoms with Crippen molar-refractivity contribution in [2.45, 2.75) is 31.9 Å². The summed E-state index contributed by atoms with van der Waals surface area (Å²) >= 11 is 4.86. The highest BCUT2D eigenvalue weighted by Crippen LogP contribution is 2.27. The van der Waals surface area contributed by atoms with E-state index >= 15 is 0 Å². The molecule has 2 aromatic rings. The van der Waals surface area contributed by atoms with E-state index in [-0.39, 0.29) is 18.0 Å². The fourth-order valence-corrected chi connectivity index (χ4v) is 4.84. The number of hydrogen-bond acceptors (Lipinski definition) is 4. The molecule has 0 atom stereocenters. The van der Waals surface area contributed by atoms with Gasteiger partial charge in [0.1, 0.15) is 0 Å². The number of aliphatic hydroxyl groups is 1. The minimum Gasteiger partial charge on any atom is -0.392 e. The Morgan fingerprint density at radius 3 is 2.52 bits per heavy atom. The first-order valence-electron chi connectivity index (χ1n) is 6.26. The number of nitrogens with one attached hydrogen (secondary N) is 1. The molecule has 4 nitrogen and oxygen atoms in total. The Hall–Kier alpha value is -0.730. The molecular weight excluding hydrogens is 374 g/mol. The zero-order valence-corrected chi connectivity index (χ0v) is 14.9. The van der Waals surface area contributed by atoms with Crippen LogP contribution in [0.25, 0.3) is 0 Å². The third-order valence-electron chi connectivity index (χ3n) is 3.17. The first kappa shape index (κ1) is 16.6. The minimum absolute atomic E-state index is 0.152. The maximum absolute atomic E-state index is 12.5. The van der Waals surface area contributed by atoms with Crippen LogP contribution in [0.15, 0.2) is 32.3 Å². The summed E-state index contributed by atoms with van der Waals surface area (Å²) in [5, 5.41) is 13.1. The van der Waals surface area contributed by atoms with Crippen LogP contribution in [0.5, 0.6) is 0 Å². The molecule has 0 aliphatic rings. The Morgan fingerprint density at radius 1 is 1.24 bits per heavy atom. The van der Waals surface area contributed by atoms with E-state index < -0.39 is 10.0 Å². The van der Waals surface area contributed by atoms with Crippen molar-refractivity contribution in [3.63, 3.8) is 0 Å². The molecule has 114 valence electrons. The predicted molar refractivity (Wildman–Crippen MR) is 87.9 cm³/mol. The molecule has 7 heteroatoms. The Kier molecular flexibility index (Phi) is 5.21. The molecule has 0 bridgehead atoms. The Morgan fingerprint density at radius 2 is 1.95 bits per heavy atom. The van der Waals surface area contributed by atoms with Gasteiger partial charge in [-0.05, 0) is 68.9 Å². The fourth-order valence-electron chi connectivity index (χ4n) is 1.91. The lowest BCUT2D eigenvalue weighted by Gasteiger charge is -2.12. The summed E-state index contributed by atoms with van der Waals surface area (Å²) < 4.78 is 28.0. The van der Waals surface area contributed by atoms with Gasteiger partial charge in [0.05, 0.1) is 11.5 Å². The third kappa shape index (κ3) is 3.73. The number of aryl methyl sites for hydroxylation is 2. The van der Waals surface area contributed by atoms with Crippen LogP contribution < -0.4 is 4.72 Å². The number of halogens is 1. The van der Waals surface area contributed by atoms with Crippen LogP contribution in [0.2, 0.25) is 0 Å². The zero-order chi connectivity index (χ0) is 15.6. The van der Waals surface area contributed by atoms with Gasteiger partial charge in [-0.3, -0.25) is 0 Å². The molecule has 0 amide bonds. The van der Waals surface area contributed by atoms with E-state index in [1.54, 1.807) is 24.3 Å². The molecule has 0 aliphatic carbocycles. The number of benzene rings is 1. The molecule has 0 fully saturated rings. The van der Waals surface area contributed by atoms with Gasteiger partial charge in [0.2, 0.25) is 10.0 Å². The van der Waals surface area contributed by atoms with Crippen LogP contribution in [-0.4, -0.2) is 13.5 Å². The van der Waals surface area contributed by atoms with Crippen molar-refractivity contribution in [3.05, 3.63) is 49.6 Å². The molecule has 21 heavy (non-hydrogen) atoms. The molecule has 0 saturated carbocycles. The molecule has 2 N–H and O–H groups in total. The van der Waals surface area contributed by atoms with Gasteiger partial charge in [0.15, 0.2) is 0 Å². The lowest BCUT2D eigenvalue weighted by molar-refractivity contribution is 0.281. The van der Waals surface area contributed by atoms with Crippen molar-refractivity contribution in [3.8, 4) is 0 Å². The fraction of sp³-hybridized carbons (Fsp3) is 0.286. The minimum atomic E-state index is -3.64. The molecule has 0 aliphatic heterocycles. The molecule has 1 aromatic carbocycles. The Bertz CT molecular complexity index is 754. The lowest BCUT2D eigenvalue weighted by atomic mass is 10.1. The smallest absolute Gasteiger partial charge is 0.242 e. The molecule has 0 unspecified atom stereocenters. The Balaban J connectivity index is 2.31. The molecule has 1 aromatic heterocycles. The van der Waals surface area contributed by atoms with E-state index in [1.165, 1.54) is 6.07 Å². The third-order valence-corrected chi connectivity index (χ3v) is 6.82. The van der Waals surface area contributed by atoms with Crippen molar-refractivity contribution in [1.29, 1.82) is 0 Å². The quantitative estimate of drug-likeness (QED) is 0.825. The van der Waals surface area contributed by atoms with Gasteiger partial charge in [0, 0.05) is 11.0 Å². The maximum Gasteiger partial charge on any atom is 0.242 e. The summed E-state index contributed by atoms with van der Waals surface area (Å²) in [4.78, 5) is 0.152. The highest BCUT2D eigenvalue weighted by molar-refractivity contribution is 9.10. The second kappa shape index (κ2) is 6.58. The first-order chi connectivity index (χ1) is 9.85. The molecular formula is C14H16BrNO3S2. The number of aliphatic hydroxyl groups excluding tert-OH is 1. The summed E-state index contributed by atoms with van der Waals surface area (Å²) in [6.45, 7) is 3.81. The number of sulfonamides is 1. The van der Waals surface area contributed by atoms with E-state index in [2.05, 4.69) is 20.7 Å². The summed E-state index contributed by atoms with van der Waals surface area (Å²) in [6.07, 6.45) is 0. The van der Waals surface area contributed by atoms with E-state index in [4.69, 9.17) is 0 Å². The molecule has 2 rings (SSSR count). The van der Waals surface area contributed by atoms with Gasteiger partial charge >= 0.3 is 0 Å². The number of rotatable bonds is 5. The van der Waals surface area contributed by atoms with Crippen molar-refractivity contribution in [2.75, 3.05) is 0 Å². The van der Waals surface area contributed by atoms with Crippen LogP contribution in [0.1, 0.15) is 22.3 Å². The second-order valence-corrected chi connectivity index (χ2v) is 8.06. The molecule has 0 radical (unpaired) electrons. The van der Waals surface area contributed by atoms with Crippen molar-refractivity contribution < 1.29 is 13.5 Å². The van der Waals surface area contributed by atoms with Gasteiger partial charge in [-0.2, -0.15) is 11.3 Å². The van der Waals surface area contributed by atoms with Gasteiger partial charge in [0.25, 0.3) is 0 Å². The highest BCUT2D eigenvalue weighted by atomic mass is 79.9. The SMILES string of the molecule is Cc1cscc1CNS(=O)(=O)c1cc(CO)cc(C)c1Br. The maximum atomic E-state index is 12.5. The molecule has 0 spiro atoms. The standard InChI is InChI=1S/C14H16BrNO3S2/c1-9-3-11(6-17)4-13(14(9)15)21(18,19)16-5-12-8-20-7-10(12)2/h3-4,7-8,16-17H,5-6H2,1-2H3. The van der Waals surface area contributed by atoms with Crippen molar-refractivity contribution in [2.24, 2.45) is 0 Å². The van der Waals surface area contributed by atoms with Gasteiger partial charge < -0.3 is 5.11 Å². The van der Waals surface area contributed by atoms with Crippen LogP contribution in [0.4, 0.5) is 0 Å². The van der Waals surface area contributed by atoms with E-state index in [0.717, 1.165) is 16.7 Å². The summed E-state index contributed by atoms with van der Waals surface area (Å²) in [5.74, 6) is 0. The highest BCUT2D eigenvalue weighted by Gasteiger charge is 2.20. The van der Waals surface area contributed by atoms with E-state index in [9.17, 15) is 13.5 Å². The van der Waals surface area contributed by atoms with Crippen molar-refractivity contribution >= 4 is 37.3 Å². The number of hydrogen-bond donors (Lipinski definition) is 2. The average Bonchev–Trinajstić information content (AvgIpc) is 2.84. The lowest BCUT2D eigenvalue weighted by Crippen LogP contribution is -2.24. The summed E-state index contributed by atoms with van der Waals surface area (Å²) in [7, 11) is -3.64. The summed E-state index contributed by atoms with van der Waals surface area (Å²) in [6, 6.07) is 3.24. The van der Waals surface area contributed by atoms with Crippen LogP contribution in [-0.2, 0) is 23.2 Å². The topological polar surface area (TPSA) is 66.4 Å². The van der Waals surface area contributed by atoms with Crippen molar-refractivity contribution in [1.82, 2.24) is 4.72 Å². The molecule has 0 saturated heterocycles. The van der Waals surface area contributed by atoms with E-state index in [1.807, 2.05) is 17.7 Å². The number of thiophene rings is 1. The van der Waals surface area contributed by atoms with Gasteiger partial charge in [-0.25, -0.2) is 13.1 Å². The zero-order valence-electron chi connectivity index (χ0n) is 11.7. The molecule has 1 heterocycles. The van der Waals surface area contributed by atoms with Crippen LogP contribution in [0.3, 0.4) is 0 Å². The van der Waals surface area contributed by atoms with Crippen LogP contribution in [0, 0.1) is 13.8 Å². The Labute approximate surface area is 137 Å². The monoisotopic (exact) mass is 389 g/mol. The van der Waals surface area contributed by atoms with Gasteiger partial charge in [-0.15, -0.1) is 0 Å². The summed E-state index contributed by atoms with van der Waals surface area (Å²) in [5.41, 5.74) is 3.38. The second-order valence-electron chi connectivity index (χ2n) is 4.79. The average molecular weight is 390 g/mol. The van der Waals surface area contributed by atoms with Crippen LogP contribution >= 0.6 is 27.3 Å². The first-order valence-corrected chi connectivity index (χ1v) is 9.48. The predicted octanol–water partition coefficient (Wildman–Crippen LogP) is 3.10. The normalized spacial score (nSPS) is 11.8.